The van der Waals surface area contributed by atoms with E-state index < -0.39 is 6.10 Å². The lowest BCUT2D eigenvalue weighted by atomic mass is 10.1. The first kappa shape index (κ1) is 16.8. The first-order valence-corrected chi connectivity index (χ1v) is 7.40. The summed E-state index contributed by atoms with van der Waals surface area (Å²) in [7, 11) is 1.59. The minimum absolute atomic E-state index is 0.0534. The van der Waals surface area contributed by atoms with Crippen molar-refractivity contribution in [3.8, 4) is 5.75 Å². The van der Waals surface area contributed by atoms with Crippen molar-refractivity contribution in [1.29, 1.82) is 0 Å². The largest absolute Gasteiger partial charge is 0.497 e. The smallest absolute Gasteiger partial charge is 0.315 e. The van der Waals surface area contributed by atoms with Gasteiger partial charge in [-0.05, 0) is 24.6 Å². The summed E-state index contributed by atoms with van der Waals surface area (Å²) in [4.78, 5) is 15.8. The number of aliphatic hydroxyl groups excluding tert-OH is 1. The van der Waals surface area contributed by atoms with E-state index in [1.807, 2.05) is 17.7 Å². The number of imidazole rings is 1. The Hall–Kier alpha value is -2.54. The van der Waals surface area contributed by atoms with Gasteiger partial charge in [0.15, 0.2) is 0 Å². The fourth-order valence-corrected chi connectivity index (χ4v) is 2.16. The zero-order valence-electron chi connectivity index (χ0n) is 13.3. The highest BCUT2D eigenvalue weighted by atomic mass is 16.5. The standard InChI is InChI=1S/C16H22N4O3/c1-12(10-20-8-7-17-11-20)19-16(22)18-9-15(21)13-3-5-14(23-2)6-4-13/h3-8,11-12,15,21H,9-10H2,1-2H3,(H2,18,19,22). The highest BCUT2D eigenvalue weighted by Gasteiger charge is 2.11. The third kappa shape index (κ3) is 5.30. The number of ether oxygens (including phenoxy) is 1. The van der Waals surface area contributed by atoms with Crippen molar-refractivity contribution in [1.82, 2.24) is 20.2 Å². The summed E-state index contributed by atoms with van der Waals surface area (Å²) in [6.07, 6.45) is 4.46. The molecule has 0 fully saturated rings. The Kier molecular flexibility index (Phi) is 5.99. The summed E-state index contributed by atoms with van der Waals surface area (Å²) in [6, 6.07) is 6.71. The predicted octanol–water partition coefficient (Wildman–Crippen LogP) is 1.31. The number of carbonyl (C=O) groups is 1. The number of methoxy groups -OCH3 is 1. The predicted molar refractivity (Wildman–Crippen MR) is 86.2 cm³/mol. The van der Waals surface area contributed by atoms with E-state index in [9.17, 15) is 9.90 Å². The Morgan fingerprint density at radius 1 is 1.39 bits per heavy atom. The lowest BCUT2D eigenvalue weighted by Crippen LogP contribution is -2.43. The van der Waals surface area contributed by atoms with Crippen molar-refractivity contribution in [2.45, 2.75) is 25.6 Å². The van der Waals surface area contributed by atoms with Crippen LogP contribution in [0.3, 0.4) is 0 Å². The van der Waals surface area contributed by atoms with Crippen LogP contribution >= 0.6 is 0 Å². The maximum atomic E-state index is 11.8. The molecule has 0 bridgehead atoms. The molecule has 0 aliphatic heterocycles. The number of carbonyl (C=O) groups excluding carboxylic acids is 1. The Morgan fingerprint density at radius 3 is 2.74 bits per heavy atom. The molecule has 0 aliphatic rings. The molecule has 0 radical (unpaired) electrons. The molecule has 1 aromatic carbocycles. The van der Waals surface area contributed by atoms with Gasteiger partial charge in [0.05, 0.1) is 19.5 Å². The molecule has 3 N–H and O–H groups in total. The Bertz CT molecular complexity index is 598. The number of aromatic nitrogens is 2. The second kappa shape index (κ2) is 8.19. The van der Waals surface area contributed by atoms with Crippen LogP contribution in [0.4, 0.5) is 4.79 Å². The molecule has 23 heavy (non-hydrogen) atoms. The maximum absolute atomic E-state index is 11.8. The van der Waals surface area contributed by atoms with Gasteiger partial charge < -0.3 is 25.0 Å². The number of urea groups is 1. The minimum Gasteiger partial charge on any atom is -0.497 e. The van der Waals surface area contributed by atoms with E-state index in [2.05, 4.69) is 15.6 Å². The number of hydrogen-bond donors (Lipinski definition) is 3. The summed E-state index contributed by atoms with van der Waals surface area (Å²) < 4.78 is 6.95. The first-order chi connectivity index (χ1) is 11.1. The third-order valence-corrected chi connectivity index (χ3v) is 3.38. The van der Waals surface area contributed by atoms with Gasteiger partial charge >= 0.3 is 6.03 Å². The topological polar surface area (TPSA) is 88.4 Å². The normalized spacial score (nSPS) is 13.2. The molecule has 2 aromatic rings. The zero-order valence-corrected chi connectivity index (χ0v) is 13.3. The van der Waals surface area contributed by atoms with Crippen LogP contribution in [0.15, 0.2) is 43.0 Å². The molecule has 2 rings (SSSR count). The summed E-state index contributed by atoms with van der Waals surface area (Å²) in [6.45, 7) is 2.67. The molecule has 0 saturated heterocycles. The lowest BCUT2D eigenvalue weighted by Gasteiger charge is -2.17. The van der Waals surface area contributed by atoms with Gasteiger partial charge in [-0.1, -0.05) is 12.1 Å². The van der Waals surface area contributed by atoms with Crippen LogP contribution in [-0.2, 0) is 6.54 Å². The van der Waals surface area contributed by atoms with Gasteiger partial charge in [0.25, 0.3) is 0 Å². The number of amides is 2. The number of nitrogens with zero attached hydrogens (tertiary/aromatic N) is 2. The molecule has 7 heteroatoms. The van der Waals surface area contributed by atoms with Crippen LogP contribution in [0.2, 0.25) is 0 Å². The quantitative estimate of drug-likeness (QED) is 0.718. The number of hydrogen-bond acceptors (Lipinski definition) is 4. The molecule has 124 valence electrons. The van der Waals surface area contributed by atoms with E-state index in [1.54, 1.807) is 43.9 Å². The Labute approximate surface area is 135 Å². The van der Waals surface area contributed by atoms with Gasteiger partial charge in [0, 0.05) is 31.5 Å². The van der Waals surface area contributed by atoms with Gasteiger partial charge in [-0.2, -0.15) is 0 Å². The van der Waals surface area contributed by atoms with Gasteiger partial charge in [0.1, 0.15) is 5.75 Å². The van der Waals surface area contributed by atoms with Crippen molar-refractivity contribution < 1.29 is 14.6 Å². The number of nitrogens with one attached hydrogen (secondary N) is 2. The molecule has 2 atom stereocenters. The molecule has 0 spiro atoms. The van der Waals surface area contributed by atoms with Gasteiger partial charge in [0.2, 0.25) is 0 Å². The fraction of sp³-hybridized carbons (Fsp3) is 0.375. The molecular weight excluding hydrogens is 296 g/mol. The molecule has 2 amide bonds. The molecule has 1 aromatic heterocycles. The minimum atomic E-state index is -0.768. The Morgan fingerprint density at radius 2 is 2.13 bits per heavy atom. The average molecular weight is 318 g/mol. The lowest BCUT2D eigenvalue weighted by molar-refractivity contribution is 0.172. The second-order valence-corrected chi connectivity index (χ2v) is 5.30. The van der Waals surface area contributed by atoms with Crippen LogP contribution < -0.4 is 15.4 Å². The molecule has 0 aliphatic carbocycles. The summed E-state index contributed by atoms with van der Waals surface area (Å²) in [5.41, 5.74) is 0.720. The van der Waals surface area contributed by atoms with Crippen LogP contribution in [-0.4, -0.2) is 40.4 Å². The molecule has 7 nitrogen and oxygen atoms in total. The van der Waals surface area contributed by atoms with Gasteiger partial charge in [-0.15, -0.1) is 0 Å². The monoisotopic (exact) mass is 318 g/mol. The van der Waals surface area contributed by atoms with E-state index in [1.165, 1.54) is 0 Å². The fourth-order valence-electron chi connectivity index (χ4n) is 2.16. The molecule has 2 unspecified atom stereocenters. The number of aliphatic hydroxyl groups is 1. The van der Waals surface area contributed by atoms with Crippen molar-refractivity contribution in [2.75, 3.05) is 13.7 Å². The first-order valence-electron chi connectivity index (χ1n) is 7.40. The third-order valence-electron chi connectivity index (χ3n) is 3.38. The summed E-state index contributed by atoms with van der Waals surface area (Å²) >= 11 is 0. The SMILES string of the molecule is COc1ccc(C(O)CNC(=O)NC(C)Cn2ccnc2)cc1. The van der Waals surface area contributed by atoms with E-state index in [-0.39, 0.29) is 18.6 Å². The van der Waals surface area contributed by atoms with Crippen LogP contribution in [0, 0.1) is 0 Å². The van der Waals surface area contributed by atoms with Crippen molar-refractivity contribution >= 4 is 6.03 Å². The summed E-state index contributed by atoms with van der Waals surface area (Å²) in [5, 5.41) is 15.6. The average Bonchev–Trinajstić information content (AvgIpc) is 3.05. The van der Waals surface area contributed by atoms with E-state index in [4.69, 9.17) is 4.74 Å². The van der Waals surface area contributed by atoms with E-state index in [0.717, 1.165) is 11.3 Å². The Balaban J connectivity index is 1.74. The zero-order chi connectivity index (χ0) is 16.7. The van der Waals surface area contributed by atoms with Crippen molar-refractivity contribution in [2.24, 2.45) is 0 Å². The molecular formula is C16H22N4O3. The van der Waals surface area contributed by atoms with Crippen molar-refractivity contribution in [3.05, 3.63) is 48.5 Å². The van der Waals surface area contributed by atoms with Crippen molar-refractivity contribution in [3.63, 3.8) is 0 Å². The highest BCUT2D eigenvalue weighted by molar-refractivity contribution is 5.74. The van der Waals surface area contributed by atoms with Gasteiger partial charge in [-0.3, -0.25) is 0 Å². The van der Waals surface area contributed by atoms with Crippen LogP contribution in [0.5, 0.6) is 5.75 Å². The van der Waals surface area contributed by atoms with Gasteiger partial charge in [-0.25, -0.2) is 9.78 Å². The maximum Gasteiger partial charge on any atom is 0.315 e. The number of benzene rings is 1. The molecule has 0 saturated carbocycles. The van der Waals surface area contributed by atoms with Crippen LogP contribution in [0.1, 0.15) is 18.6 Å². The summed E-state index contributed by atoms with van der Waals surface area (Å²) in [5.74, 6) is 0.722. The van der Waals surface area contributed by atoms with E-state index in [0.29, 0.717) is 6.54 Å². The number of rotatable bonds is 7. The second-order valence-electron chi connectivity index (χ2n) is 5.30. The van der Waals surface area contributed by atoms with Crippen LogP contribution in [0.25, 0.3) is 0 Å². The molecule has 1 heterocycles. The highest BCUT2D eigenvalue weighted by Crippen LogP contribution is 2.16. The van der Waals surface area contributed by atoms with E-state index >= 15 is 0 Å².